The molecule has 6 heteroatoms. The van der Waals surface area contributed by atoms with E-state index in [4.69, 9.17) is 9.47 Å². The minimum Gasteiger partial charge on any atom is -0.497 e. The van der Waals surface area contributed by atoms with Gasteiger partial charge in [-0.05, 0) is 44.4 Å². The summed E-state index contributed by atoms with van der Waals surface area (Å²) in [5.41, 5.74) is 0.964. The molecule has 0 aliphatic carbocycles. The van der Waals surface area contributed by atoms with Gasteiger partial charge in [0.25, 0.3) is 0 Å². The Morgan fingerprint density at radius 2 is 1.88 bits per heavy atom. The summed E-state index contributed by atoms with van der Waals surface area (Å²) in [4.78, 5) is 26.6. The largest absolute Gasteiger partial charge is 0.497 e. The van der Waals surface area contributed by atoms with Gasteiger partial charge in [0.2, 0.25) is 11.8 Å². The first kappa shape index (κ1) is 22.0. The number of nitrogens with one attached hydrogen (secondary N) is 1. The van der Waals surface area contributed by atoms with E-state index in [9.17, 15) is 9.59 Å². The number of carbonyl (C=O) groups is 2. The van der Waals surface area contributed by atoms with Crippen LogP contribution in [0.2, 0.25) is 0 Å². The number of hydrogen-bond acceptors (Lipinski definition) is 4. The van der Waals surface area contributed by atoms with Crippen LogP contribution in [0.25, 0.3) is 0 Å². The molecule has 2 amide bonds. The van der Waals surface area contributed by atoms with Crippen molar-refractivity contribution >= 4 is 11.8 Å². The molecule has 0 radical (unpaired) electrons. The molecule has 0 saturated heterocycles. The van der Waals surface area contributed by atoms with Gasteiger partial charge >= 0.3 is 0 Å². The van der Waals surface area contributed by atoms with Crippen molar-refractivity contribution in [3.63, 3.8) is 0 Å². The van der Waals surface area contributed by atoms with Crippen LogP contribution in [0, 0.1) is 0 Å². The predicted octanol–water partition coefficient (Wildman–Crippen LogP) is 2.76. The van der Waals surface area contributed by atoms with Crippen LogP contribution in [0.3, 0.4) is 0 Å². The lowest BCUT2D eigenvalue weighted by Crippen LogP contribution is -2.47. The van der Waals surface area contributed by atoms with Crippen LogP contribution in [0.15, 0.2) is 24.3 Å². The van der Waals surface area contributed by atoms with Crippen LogP contribution in [0.4, 0.5) is 0 Å². The summed E-state index contributed by atoms with van der Waals surface area (Å²) in [5, 5.41) is 2.89. The van der Waals surface area contributed by atoms with E-state index in [0.717, 1.165) is 24.2 Å². The maximum Gasteiger partial charge on any atom is 0.242 e. The van der Waals surface area contributed by atoms with Gasteiger partial charge < -0.3 is 19.7 Å². The van der Waals surface area contributed by atoms with Crippen molar-refractivity contribution in [3.05, 3.63) is 29.8 Å². The van der Waals surface area contributed by atoms with Gasteiger partial charge in [-0.1, -0.05) is 19.1 Å². The van der Waals surface area contributed by atoms with E-state index in [1.165, 1.54) is 0 Å². The molecule has 0 saturated carbocycles. The number of nitrogens with zero attached hydrogens (tertiary/aromatic N) is 1. The van der Waals surface area contributed by atoms with Crippen LogP contribution in [-0.4, -0.2) is 49.6 Å². The van der Waals surface area contributed by atoms with Crippen molar-refractivity contribution in [2.75, 3.05) is 26.9 Å². The normalized spacial score (nSPS) is 11.7. The monoisotopic (exact) mass is 364 g/mol. The van der Waals surface area contributed by atoms with Crippen molar-refractivity contribution in [3.8, 4) is 5.75 Å². The lowest BCUT2D eigenvalue weighted by atomic mass is 10.1. The van der Waals surface area contributed by atoms with Crippen molar-refractivity contribution < 1.29 is 19.1 Å². The highest BCUT2D eigenvalue weighted by Crippen LogP contribution is 2.15. The molecule has 0 aliphatic heterocycles. The van der Waals surface area contributed by atoms with E-state index in [1.54, 1.807) is 18.9 Å². The second-order valence-electron chi connectivity index (χ2n) is 6.14. The lowest BCUT2D eigenvalue weighted by Gasteiger charge is -2.29. The molecule has 0 fully saturated rings. The molecule has 1 rings (SSSR count). The van der Waals surface area contributed by atoms with E-state index < -0.39 is 6.04 Å². The van der Waals surface area contributed by atoms with E-state index >= 15 is 0 Å². The molecule has 6 nitrogen and oxygen atoms in total. The standard InChI is InChI=1S/C20H32N2O4/c1-5-8-19(23)22(15-17-9-11-18(25-4)12-10-17)16(3)20(24)21-13-7-14-26-6-2/h9-12,16H,5-8,13-15H2,1-4H3,(H,21,24)/t16-/m1/s1. The van der Waals surface area contributed by atoms with Crippen molar-refractivity contribution in [1.29, 1.82) is 0 Å². The molecule has 0 aromatic heterocycles. The van der Waals surface area contributed by atoms with Gasteiger partial charge in [0.15, 0.2) is 0 Å². The van der Waals surface area contributed by atoms with Crippen molar-refractivity contribution in [1.82, 2.24) is 10.2 Å². The van der Waals surface area contributed by atoms with Crippen LogP contribution in [0.1, 0.15) is 45.6 Å². The number of ether oxygens (including phenoxy) is 2. The molecule has 1 atom stereocenters. The number of hydrogen-bond donors (Lipinski definition) is 1. The molecule has 1 aromatic rings. The molecule has 0 spiro atoms. The minimum atomic E-state index is -0.525. The van der Waals surface area contributed by atoms with Gasteiger partial charge in [-0.2, -0.15) is 0 Å². The molecular weight excluding hydrogens is 332 g/mol. The van der Waals surface area contributed by atoms with Gasteiger partial charge in [0, 0.05) is 32.7 Å². The summed E-state index contributed by atoms with van der Waals surface area (Å²) in [6.45, 7) is 7.91. The first-order valence-corrected chi connectivity index (χ1v) is 9.31. The highest BCUT2D eigenvalue weighted by atomic mass is 16.5. The first-order chi connectivity index (χ1) is 12.5. The second kappa shape index (κ2) is 12.3. The Labute approximate surface area is 156 Å². The summed E-state index contributed by atoms with van der Waals surface area (Å²) in [6, 6.07) is 7.02. The third-order valence-electron chi connectivity index (χ3n) is 4.11. The number of rotatable bonds is 12. The van der Waals surface area contributed by atoms with Crippen LogP contribution in [0.5, 0.6) is 5.75 Å². The summed E-state index contributed by atoms with van der Waals surface area (Å²) in [6.07, 6.45) is 1.94. The van der Waals surface area contributed by atoms with Crippen molar-refractivity contribution in [2.45, 2.75) is 52.6 Å². The van der Waals surface area contributed by atoms with Crippen molar-refractivity contribution in [2.24, 2.45) is 0 Å². The molecular formula is C20H32N2O4. The number of carbonyl (C=O) groups excluding carboxylic acids is 2. The topological polar surface area (TPSA) is 67.9 Å². The molecule has 1 N–H and O–H groups in total. The Balaban J connectivity index is 2.71. The zero-order chi connectivity index (χ0) is 19.4. The molecule has 0 unspecified atom stereocenters. The zero-order valence-corrected chi connectivity index (χ0v) is 16.4. The second-order valence-corrected chi connectivity index (χ2v) is 6.14. The number of methoxy groups -OCH3 is 1. The Morgan fingerprint density at radius 3 is 2.46 bits per heavy atom. The highest BCUT2D eigenvalue weighted by molar-refractivity contribution is 5.87. The zero-order valence-electron chi connectivity index (χ0n) is 16.4. The Morgan fingerprint density at radius 1 is 1.19 bits per heavy atom. The third kappa shape index (κ3) is 7.44. The van der Waals surface area contributed by atoms with Gasteiger partial charge in [-0.15, -0.1) is 0 Å². The van der Waals surface area contributed by atoms with E-state index in [0.29, 0.717) is 32.7 Å². The quantitative estimate of drug-likeness (QED) is 0.579. The average Bonchev–Trinajstić information content (AvgIpc) is 2.65. The maximum absolute atomic E-state index is 12.5. The fourth-order valence-electron chi connectivity index (χ4n) is 2.55. The lowest BCUT2D eigenvalue weighted by molar-refractivity contribution is -0.140. The van der Waals surface area contributed by atoms with Gasteiger partial charge in [-0.3, -0.25) is 9.59 Å². The SMILES string of the molecule is CCCC(=O)N(Cc1ccc(OC)cc1)[C@H](C)C(=O)NCCCOCC. The number of benzene rings is 1. The maximum atomic E-state index is 12.5. The van der Waals surface area contributed by atoms with E-state index in [1.807, 2.05) is 38.1 Å². The van der Waals surface area contributed by atoms with Crippen LogP contribution < -0.4 is 10.1 Å². The summed E-state index contributed by atoms with van der Waals surface area (Å²) >= 11 is 0. The van der Waals surface area contributed by atoms with Gasteiger partial charge in [-0.25, -0.2) is 0 Å². The molecule has 0 bridgehead atoms. The average molecular weight is 364 g/mol. The van der Waals surface area contributed by atoms with Crippen LogP contribution >= 0.6 is 0 Å². The summed E-state index contributed by atoms with van der Waals surface area (Å²) in [5.74, 6) is 0.611. The van der Waals surface area contributed by atoms with Crippen LogP contribution in [-0.2, 0) is 20.9 Å². The van der Waals surface area contributed by atoms with Gasteiger partial charge in [0.05, 0.1) is 7.11 Å². The fraction of sp³-hybridized carbons (Fsp3) is 0.600. The number of amides is 2. The Bertz CT molecular complexity index is 545. The van der Waals surface area contributed by atoms with E-state index in [2.05, 4.69) is 5.32 Å². The highest BCUT2D eigenvalue weighted by Gasteiger charge is 2.25. The Hall–Kier alpha value is -2.08. The molecule has 0 heterocycles. The molecule has 26 heavy (non-hydrogen) atoms. The molecule has 0 aliphatic rings. The Kier molecular flexibility index (Phi) is 10.4. The smallest absolute Gasteiger partial charge is 0.242 e. The van der Waals surface area contributed by atoms with E-state index in [-0.39, 0.29) is 11.8 Å². The van der Waals surface area contributed by atoms with Gasteiger partial charge in [0.1, 0.15) is 11.8 Å². The summed E-state index contributed by atoms with van der Waals surface area (Å²) in [7, 11) is 1.62. The third-order valence-corrected chi connectivity index (χ3v) is 4.11. The molecule has 146 valence electrons. The predicted molar refractivity (Wildman–Crippen MR) is 102 cm³/mol. The molecule has 1 aromatic carbocycles. The fourth-order valence-corrected chi connectivity index (χ4v) is 2.55. The first-order valence-electron chi connectivity index (χ1n) is 9.31. The summed E-state index contributed by atoms with van der Waals surface area (Å²) < 4.78 is 10.4. The minimum absolute atomic E-state index is 0.0136.